The van der Waals surface area contributed by atoms with Gasteiger partial charge < -0.3 is 19.5 Å². The van der Waals surface area contributed by atoms with Crippen molar-refractivity contribution in [2.75, 3.05) is 20.3 Å². The molecule has 0 aromatic heterocycles. The highest BCUT2D eigenvalue weighted by molar-refractivity contribution is 5.91. The number of ether oxygens (including phenoxy) is 3. The molecule has 2 unspecified atom stereocenters. The largest absolute Gasteiger partial charge is 0.491 e. The molecule has 1 aliphatic carbocycles. The van der Waals surface area contributed by atoms with Crippen LogP contribution in [-0.2, 0) is 4.74 Å². The second kappa shape index (κ2) is 12.2. The predicted molar refractivity (Wildman–Crippen MR) is 140 cm³/mol. The van der Waals surface area contributed by atoms with E-state index in [4.69, 9.17) is 14.2 Å². The Labute approximate surface area is 204 Å². The number of fused-ring (bicyclic) bond motifs is 1. The first-order chi connectivity index (χ1) is 16.7. The van der Waals surface area contributed by atoms with Crippen LogP contribution in [0.4, 0.5) is 0 Å². The van der Waals surface area contributed by atoms with Gasteiger partial charge in [-0.05, 0) is 73.9 Å². The predicted octanol–water partition coefficient (Wildman–Crippen LogP) is 7.38. The minimum atomic E-state index is -0.363. The van der Waals surface area contributed by atoms with Crippen LogP contribution in [0.25, 0.3) is 10.8 Å². The number of benzene rings is 3. The first-order valence-electron chi connectivity index (χ1n) is 12.9. The van der Waals surface area contributed by atoms with E-state index in [-0.39, 0.29) is 6.29 Å². The van der Waals surface area contributed by atoms with Crippen molar-refractivity contribution in [2.24, 2.45) is 0 Å². The van der Waals surface area contributed by atoms with E-state index in [9.17, 15) is 0 Å². The molecular formula is C30H39NO3. The molecule has 3 aromatic rings. The molecule has 4 nitrogen and oxygen atoms in total. The first kappa shape index (κ1) is 24.6. The first-order valence-corrected chi connectivity index (χ1v) is 12.9. The minimum absolute atomic E-state index is 0.321. The molecule has 0 bridgehead atoms. The van der Waals surface area contributed by atoms with E-state index >= 15 is 0 Å². The summed E-state index contributed by atoms with van der Waals surface area (Å²) in [4.78, 5) is 0. The van der Waals surface area contributed by atoms with Gasteiger partial charge in [0.1, 0.15) is 18.1 Å². The van der Waals surface area contributed by atoms with E-state index in [0.717, 1.165) is 29.2 Å². The van der Waals surface area contributed by atoms with Gasteiger partial charge in [0, 0.05) is 11.4 Å². The van der Waals surface area contributed by atoms with Crippen molar-refractivity contribution in [3.05, 3.63) is 71.8 Å². The number of hydrogen-bond acceptors (Lipinski definition) is 4. The Balaban J connectivity index is 1.28. The molecule has 1 saturated carbocycles. The monoisotopic (exact) mass is 461 g/mol. The maximum atomic E-state index is 6.17. The standard InChI is InChI=1S/C30H39NO3/c1-4-29(31-3)27-13-8-14-28-26(27)12-9-15-30(28)34-22(2)32-20-21-33-25-18-16-24(17-19-25)23-10-6-5-7-11-23/h8-9,12-19,22-23,29,31H,4-7,10-11,20-21H2,1-3H3. The SMILES string of the molecule is CCC(NC)c1cccc2c(OC(C)OCCOc3ccc(C4CCCCC4)cc3)cccc12. The van der Waals surface area contributed by atoms with Crippen LogP contribution in [0.3, 0.4) is 0 Å². The van der Waals surface area contributed by atoms with Crippen LogP contribution in [0.2, 0.25) is 0 Å². The zero-order chi connectivity index (χ0) is 23.8. The summed E-state index contributed by atoms with van der Waals surface area (Å²) in [5.74, 6) is 2.46. The Morgan fingerprint density at radius 2 is 1.62 bits per heavy atom. The van der Waals surface area contributed by atoms with Gasteiger partial charge in [-0.15, -0.1) is 0 Å². The highest BCUT2D eigenvalue weighted by Gasteiger charge is 2.16. The summed E-state index contributed by atoms with van der Waals surface area (Å²) in [7, 11) is 2.01. The van der Waals surface area contributed by atoms with Crippen LogP contribution in [0.1, 0.15) is 75.5 Å². The number of hydrogen-bond donors (Lipinski definition) is 1. The van der Waals surface area contributed by atoms with Gasteiger partial charge in [0.15, 0.2) is 6.29 Å². The molecule has 0 heterocycles. The summed E-state index contributed by atoms with van der Waals surface area (Å²) in [6, 6.07) is 21.6. The molecule has 3 aromatic carbocycles. The molecule has 1 fully saturated rings. The molecule has 0 spiro atoms. The Morgan fingerprint density at radius 3 is 2.35 bits per heavy atom. The quantitative estimate of drug-likeness (QED) is 0.239. The van der Waals surface area contributed by atoms with Crippen molar-refractivity contribution in [1.82, 2.24) is 5.32 Å². The van der Waals surface area contributed by atoms with E-state index in [1.54, 1.807) is 0 Å². The normalized spacial score (nSPS) is 16.3. The summed E-state index contributed by atoms with van der Waals surface area (Å²) >= 11 is 0. The molecule has 34 heavy (non-hydrogen) atoms. The second-order valence-electron chi connectivity index (χ2n) is 9.26. The fraction of sp³-hybridized carbons (Fsp3) is 0.467. The van der Waals surface area contributed by atoms with Crippen LogP contribution in [0.15, 0.2) is 60.7 Å². The van der Waals surface area contributed by atoms with E-state index in [0.29, 0.717) is 19.3 Å². The van der Waals surface area contributed by atoms with Crippen molar-refractivity contribution in [3.63, 3.8) is 0 Å². The van der Waals surface area contributed by atoms with Crippen molar-refractivity contribution >= 4 is 10.8 Å². The van der Waals surface area contributed by atoms with Gasteiger partial charge in [0.2, 0.25) is 0 Å². The highest BCUT2D eigenvalue weighted by Crippen LogP contribution is 2.34. The second-order valence-corrected chi connectivity index (χ2v) is 9.26. The molecule has 1 aliphatic rings. The van der Waals surface area contributed by atoms with E-state index < -0.39 is 0 Å². The maximum Gasteiger partial charge on any atom is 0.197 e. The molecule has 4 rings (SSSR count). The summed E-state index contributed by atoms with van der Waals surface area (Å²) in [5.41, 5.74) is 2.74. The number of nitrogens with one attached hydrogen (secondary N) is 1. The highest BCUT2D eigenvalue weighted by atomic mass is 16.7. The van der Waals surface area contributed by atoms with Gasteiger partial charge in [0.05, 0.1) is 6.61 Å². The topological polar surface area (TPSA) is 39.7 Å². The number of rotatable bonds is 11. The fourth-order valence-corrected chi connectivity index (χ4v) is 5.15. The van der Waals surface area contributed by atoms with Crippen molar-refractivity contribution in [2.45, 2.75) is 70.6 Å². The fourth-order valence-electron chi connectivity index (χ4n) is 5.15. The van der Waals surface area contributed by atoms with Gasteiger partial charge in [-0.1, -0.05) is 68.7 Å². The Hall–Kier alpha value is -2.56. The Morgan fingerprint density at radius 1 is 0.882 bits per heavy atom. The maximum absolute atomic E-state index is 6.17. The molecule has 0 radical (unpaired) electrons. The van der Waals surface area contributed by atoms with Gasteiger partial charge in [-0.3, -0.25) is 0 Å². The van der Waals surface area contributed by atoms with Crippen LogP contribution < -0.4 is 14.8 Å². The average Bonchev–Trinajstić information content (AvgIpc) is 2.89. The zero-order valence-electron chi connectivity index (χ0n) is 20.9. The third-order valence-electron chi connectivity index (χ3n) is 7.00. The van der Waals surface area contributed by atoms with Crippen molar-refractivity contribution in [3.8, 4) is 11.5 Å². The average molecular weight is 462 g/mol. The smallest absolute Gasteiger partial charge is 0.197 e. The summed E-state index contributed by atoms with van der Waals surface area (Å²) < 4.78 is 18.0. The van der Waals surface area contributed by atoms with Crippen LogP contribution in [-0.4, -0.2) is 26.6 Å². The summed E-state index contributed by atoms with van der Waals surface area (Å²) in [5, 5.41) is 5.73. The van der Waals surface area contributed by atoms with E-state index in [1.807, 2.05) is 20.0 Å². The van der Waals surface area contributed by atoms with Crippen molar-refractivity contribution in [1.29, 1.82) is 0 Å². The molecule has 0 saturated heterocycles. The zero-order valence-corrected chi connectivity index (χ0v) is 20.9. The lowest BCUT2D eigenvalue weighted by Gasteiger charge is -2.22. The minimum Gasteiger partial charge on any atom is -0.491 e. The molecule has 4 heteroatoms. The van der Waals surface area contributed by atoms with Crippen LogP contribution >= 0.6 is 0 Å². The third-order valence-corrected chi connectivity index (χ3v) is 7.00. The summed E-state index contributed by atoms with van der Waals surface area (Å²) in [6.45, 7) is 5.10. The molecular weight excluding hydrogens is 422 g/mol. The van der Waals surface area contributed by atoms with Crippen LogP contribution in [0.5, 0.6) is 11.5 Å². The van der Waals surface area contributed by atoms with Crippen molar-refractivity contribution < 1.29 is 14.2 Å². The third kappa shape index (κ3) is 6.11. The molecule has 1 N–H and O–H groups in total. The van der Waals surface area contributed by atoms with Gasteiger partial charge >= 0.3 is 0 Å². The van der Waals surface area contributed by atoms with Gasteiger partial charge in [-0.2, -0.15) is 0 Å². The Kier molecular flexibility index (Phi) is 8.84. The van der Waals surface area contributed by atoms with E-state index in [1.165, 1.54) is 48.6 Å². The lowest BCUT2D eigenvalue weighted by Crippen LogP contribution is -2.20. The van der Waals surface area contributed by atoms with Gasteiger partial charge in [-0.25, -0.2) is 0 Å². The summed E-state index contributed by atoms with van der Waals surface area (Å²) in [6.07, 6.45) is 7.40. The van der Waals surface area contributed by atoms with E-state index in [2.05, 4.69) is 66.8 Å². The van der Waals surface area contributed by atoms with Gasteiger partial charge in [0.25, 0.3) is 0 Å². The van der Waals surface area contributed by atoms with Crippen LogP contribution in [0, 0.1) is 0 Å². The molecule has 0 amide bonds. The Bertz CT molecular complexity index is 1020. The molecule has 182 valence electrons. The lowest BCUT2D eigenvalue weighted by atomic mass is 9.84. The molecule has 2 atom stereocenters. The molecule has 0 aliphatic heterocycles. The lowest BCUT2D eigenvalue weighted by molar-refractivity contribution is -0.0731.